The molecule has 4 saturated carbocycles. The molecule has 31 heavy (non-hydrogen) atoms. The van der Waals surface area contributed by atoms with Gasteiger partial charge in [-0.1, -0.05) is 27.7 Å². The number of carboxylic acid groups (broad SMARTS) is 1. The Balaban J connectivity index is 0.000000730. The van der Waals surface area contributed by atoms with Crippen molar-refractivity contribution in [1.82, 2.24) is 5.32 Å². The van der Waals surface area contributed by atoms with Gasteiger partial charge >= 0.3 is 0 Å². The molecule has 5 fully saturated rings. The molecule has 5 heteroatoms. The normalized spacial score (nSPS) is 45.4. The summed E-state index contributed by atoms with van der Waals surface area (Å²) in [5.74, 6) is 4.31. The van der Waals surface area contributed by atoms with Crippen molar-refractivity contribution < 1.29 is 19.4 Å². The summed E-state index contributed by atoms with van der Waals surface area (Å²) in [6, 6.07) is 0.620. The molecule has 0 aromatic rings. The van der Waals surface area contributed by atoms with Crippen LogP contribution in [0.3, 0.4) is 0 Å². The van der Waals surface area contributed by atoms with Crippen LogP contribution >= 0.6 is 0 Å². The Morgan fingerprint density at radius 3 is 2.35 bits per heavy atom. The number of ether oxygens (including phenoxy) is 2. The van der Waals surface area contributed by atoms with E-state index >= 15 is 0 Å². The van der Waals surface area contributed by atoms with E-state index in [-0.39, 0.29) is 17.7 Å². The maximum absolute atomic E-state index is 8.36. The van der Waals surface area contributed by atoms with E-state index in [1.807, 2.05) is 0 Å². The van der Waals surface area contributed by atoms with E-state index in [1.54, 1.807) is 0 Å². The highest BCUT2D eigenvalue weighted by Crippen LogP contribution is 2.69. The fourth-order valence-corrected chi connectivity index (χ4v) is 8.82. The Hall–Kier alpha value is -0.650. The van der Waals surface area contributed by atoms with Crippen LogP contribution in [0.25, 0.3) is 0 Å². The van der Waals surface area contributed by atoms with Crippen molar-refractivity contribution in [2.75, 3.05) is 19.8 Å². The number of nitrogens with one attached hydrogen (secondary N) is 1. The molecule has 1 saturated heterocycles. The average Bonchev–Trinajstić information content (AvgIpc) is 3.33. The van der Waals surface area contributed by atoms with E-state index in [4.69, 9.17) is 19.4 Å². The highest BCUT2D eigenvalue weighted by Gasteiger charge is 2.67. The van der Waals surface area contributed by atoms with Gasteiger partial charge in [0, 0.05) is 17.9 Å². The minimum Gasteiger partial charge on any atom is -0.483 e. The summed E-state index contributed by atoms with van der Waals surface area (Å²) in [5.41, 5.74) is 0.845. The largest absolute Gasteiger partial charge is 0.483 e. The molecule has 0 bridgehead atoms. The van der Waals surface area contributed by atoms with E-state index in [0.717, 1.165) is 49.2 Å². The topological polar surface area (TPSA) is 67.8 Å². The van der Waals surface area contributed by atoms with Gasteiger partial charge in [0.2, 0.25) is 0 Å². The molecule has 2 N–H and O–H groups in total. The zero-order valence-corrected chi connectivity index (χ0v) is 20.2. The Morgan fingerprint density at radius 1 is 1.00 bits per heavy atom. The van der Waals surface area contributed by atoms with Gasteiger partial charge < -0.3 is 19.9 Å². The molecule has 7 atom stereocenters. The number of rotatable bonds is 3. The van der Waals surface area contributed by atoms with Gasteiger partial charge in [0.15, 0.2) is 5.79 Å². The Bertz CT molecular complexity index is 633. The maximum Gasteiger partial charge on any atom is 0.290 e. The fourth-order valence-electron chi connectivity index (χ4n) is 8.82. The highest BCUT2D eigenvalue weighted by atomic mass is 16.7. The molecule has 7 unspecified atom stereocenters. The van der Waals surface area contributed by atoms with Gasteiger partial charge in [-0.2, -0.15) is 0 Å². The van der Waals surface area contributed by atoms with Gasteiger partial charge in [-0.15, -0.1) is 0 Å². The Labute approximate surface area is 189 Å². The number of hydrogen-bond acceptors (Lipinski definition) is 4. The second-order valence-corrected chi connectivity index (χ2v) is 11.9. The van der Waals surface area contributed by atoms with Crippen molar-refractivity contribution >= 4 is 6.47 Å². The first-order chi connectivity index (χ1) is 14.8. The molecule has 5 nitrogen and oxygen atoms in total. The van der Waals surface area contributed by atoms with Crippen molar-refractivity contribution in [3.63, 3.8) is 0 Å². The Morgan fingerprint density at radius 2 is 1.68 bits per heavy atom. The van der Waals surface area contributed by atoms with Crippen molar-refractivity contribution in [3.8, 4) is 0 Å². The third-order valence-corrected chi connectivity index (χ3v) is 10.4. The molecule has 1 spiro atoms. The van der Waals surface area contributed by atoms with E-state index in [1.165, 1.54) is 57.9 Å². The lowest BCUT2D eigenvalue weighted by atomic mass is 9.44. The van der Waals surface area contributed by atoms with Gasteiger partial charge in [0.05, 0.1) is 13.2 Å². The SMILES string of the molecule is CC(C)NCC1CCC2(C)C(CCC3C2CCC2(C)C3CCC23OCCO3)C1.O=CO. The lowest BCUT2D eigenvalue weighted by Crippen LogP contribution is -2.57. The van der Waals surface area contributed by atoms with Crippen LogP contribution in [0.4, 0.5) is 0 Å². The molecule has 1 aliphatic heterocycles. The fraction of sp³-hybridized carbons (Fsp3) is 0.962. The number of carbonyl (C=O) groups is 1. The summed E-state index contributed by atoms with van der Waals surface area (Å²) in [5, 5.41) is 10.6. The monoisotopic (exact) mass is 435 g/mol. The van der Waals surface area contributed by atoms with E-state index in [9.17, 15) is 0 Å². The smallest absolute Gasteiger partial charge is 0.290 e. The molecule has 0 aromatic carbocycles. The minimum absolute atomic E-state index is 0.236. The molecule has 0 radical (unpaired) electrons. The summed E-state index contributed by atoms with van der Waals surface area (Å²) < 4.78 is 12.6. The predicted octanol–water partition coefficient (Wildman–Crippen LogP) is 5.09. The molecule has 5 aliphatic rings. The van der Waals surface area contributed by atoms with Gasteiger partial charge in [0.1, 0.15) is 0 Å². The maximum atomic E-state index is 8.36. The van der Waals surface area contributed by atoms with Gasteiger partial charge in [0.25, 0.3) is 6.47 Å². The zero-order chi connectivity index (χ0) is 22.3. The quantitative estimate of drug-likeness (QED) is 0.605. The molecule has 178 valence electrons. The molecule has 1 heterocycles. The van der Waals surface area contributed by atoms with Gasteiger partial charge in [-0.3, -0.25) is 4.79 Å². The second-order valence-electron chi connectivity index (χ2n) is 11.9. The van der Waals surface area contributed by atoms with Crippen molar-refractivity contribution in [3.05, 3.63) is 0 Å². The molecule has 0 amide bonds. The summed E-state index contributed by atoms with van der Waals surface area (Å²) in [6.07, 6.45) is 12.5. The highest BCUT2D eigenvalue weighted by molar-refractivity contribution is 5.32. The van der Waals surface area contributed by atoms with Crippen molar-refractivity contribution in [1.29, 1.82) is 0 Å². The third kappa shape index (κ3) is 3.87. The predicted molar refractivity (Wildman–Crippen MR) is 122 cm³/mol. The van der Waals surface area contributed by atoms with E-state index < -0.39 is 0 Å². The summed E-state index contributed by atoms with van der Waals surface area (Å²) >= 11 is 0. The lowest BCUT2D eigenvalue weighted by Gasteiger charge is -2.61. The van der Waals surface area contributed by atoms with Crippen LogP contribution in [0.15, 0.2) is 0 Å². The molecule has 5 rings (SSSR count). The minimum atomic E-state index is -0.250. The third-order valence-electron chi connectivity index (χ3n) is 10.4. The van der Waals surface area contributed by atoms with Crippen LogP contribution in [0.1, 0.15) is 85.5 Å². The molecule has 4 aliphatic carbocycles. The Kier molecular flexibility index (Phi) is 6.78. The second kappa shape index (κ2) is 8.95. The number of fused-ring (bicyclic) bond motifs is 6. The van der Waals surface area contributed by atoms with E-state index in [2.05, 4.69) is 33.0 Å². The lowest BCUT2D eigenvalue weighted by molar-refractivity contribution is -0.247. The van der Waals surface area contributed by atoms with Crippen LogP contribution in [-0.2, 0) is 14.3 Å². The van der Waals surface area contributed by atoms with Gasteiger partial charge in [-0.25, -0.2) is 0 Å². The van der Waals surface area contributed by atoms with Crippen molar-refractivity contribution in [2.24, 2.45) is 40.4 Å². The van der Waals surface area contributed by atoms with Crippen LogP contribution in [0, 0.1) is 40.4 Å². The van der Waals surface area contributed by atoms with Crippen LogP contribution in [0.2, 0.25) is 0 Å². The first-order valence-electron chi connectivity index (χ1n) is 12.9. The zero-order valence-electron chi connectivity index (χ0n) is 20.2. The molecular weight excluding hydrogens is 390 g/mol. The van der Waals surface area contributed by atoms with Crippen molar-refractivity contribution in [2.45, 2.75) is 97.3 Å². The van der Waals surface area contributed by atoms with E-state index in [0.29, 0.717) is 11.5 Å². The first kappa shape index (κ1) is 23.5. The van der Waals surface area contributed by atoms with Crippen LogP contribution < -0.4 is 5.32 Å². The van der Waals surface area contributed by atoms with Gasteiger partial charge in [-0.05, 0) is 92.9 Å². The van der Waals surface area contributed by atoms with Crippen LogP contribution in [-0.4, -0.2) is 43.2 Å². The summed E-state index contributed by atoms with van der Waals surface area (Å²) in [7, 11) is 0. The first-order valence-corrected chi connectivity index (χ1v) is 12.9. The van der Waals surface area contributed by atoms with Crippen LogP contribution in [0.5, 0.6) is 0 Å². The molecule has 0 aromatic heterocycles. The average molecular weight is 436 g/mol. The standard InChI is InChI=1S/C25H43NO2.CH2O2/c1-17(2)26-16-18-7-10-23(3)19(15-18)5-6-20-21(23)8-11-24(4)22(20)9-12-25(24)27-13-14-28-25;2-1-3/h17-22,26H,5-16H2,1-4H3;1H,(H,2,3). The summed E-state index contributed by atoms with van der Waals surface area (Å²) in [4.78, 5) is 8.36. The number of hydrogen-bond donors (Lipinski definition) is 2. The molecular formula is C26H45NO4. The summed E-state index contributed by atoms with van der Waals surface area (Å²) in [6.45, 7) is 12.4.